The van der Waals surface area contributed by atoms with Crippen molar-refractivity contribution in [1.82, 2.24) is 4.57 Å². The fourth-order valence-corrected chi connectivity index (χ4v) is 9.51. The molecule has 12 rings (SSSR count). The molecule has 0 bridgehead atoms. The van der Waals surface area contributed by atoms with Crippen LogP contribution < -0.4 is 0 Å². The third-order valence-corrected chi connectivity index (χ3v) is 11.9. The van der Waals surface area contributed by atoms with Gasteiger partial charge in [-0.05, 0) is 124 Å². The van der Waals surface area contributed by atoms with Crippen LogP contribution in [-0.4, -0.2) is 4.57 Å². The van der Waals surface area contributed by atoms with E-state index in [9.17, 15) is 0 Å². The van der Waals surface area contributed by atoms with Crippen molar-refractivity contribution >= 4 is 75.7 Å². The number of rotatable bonds is 4. The fraction of sp³-hybridized carbons (Fsp3) is 0. The third-order valence-electron chi connectivity index (χ3n) is 11.9. The summed E-state index contributed by atoms with van der Waals surface area (Å²) >= 11 is 0. The van der Waals surface area contributed by atoms with Crippen LogP contribution in [0.1, 0.15) is 0 Å². The maximum Gasteiger partial charge on any atom is 0.0541 e. The maximum absolute atomic E-state index is 2.39. The van der Waals surface area contributed by atoms with Crippen LogP contribution in [-0.2, 0) is 0 Å². The van der Waals surface area contributed by atoms with E-state index in [-0.39, 0.29) is 0 Å². The monoisotopic (exact) mass is 695 g/mol. The molecule has 1 nitrogen and oxygen atoms in total. The minimum atomic E-state index is 1.17. The van der Waals surface area contributed by atoms with E-state index in [4.69, 9.17) is 0 Å². The number of fused-ring (bicyclic) bond motifs is 6. The van der Waals surface area contributed by atoms with Crippen molar-refractivity contribution in [2.24, 2.45) is 0 Å². The summed E-state index contributed by atoms with van der Waals surface area (Å²) in [5, 5.41) is 15.5. The van der Waals surface area contributed by atoms with Gasteiger partial charge in [0.05, 0.1) is 11.0 Å². The number of hydrogen-bond acceptors (Lipinski definition) is 0. The second-order valence-electron chi connectivity index (χ2n) is 14.8. The molecule has 0 spiro atoms. The van der Waals surface area contributed by atoms with Crippen molar-refractivity contribution in [3.63, 3.8) is 0 Å². The highest BCUT2D eigenvalue weighted by atomic mass is 15.0. The lowest BCUT2D eigenvalue weighted by molar-refractivity contribution is 1.18. The van der Waals surface area contributed by atoms with Gasteiger partial charge in [0.1, 0.15) is 0 Å². The van der Waals surface area contributed by atoms with Crippen LogP contribution in [0.5, 0.6) is 0 Å². The highest BCUT2D eigenvalue weighted by Crippen LogP contribution is 2.47. The highest BCUT2D eigenvalue weighted by molar-refractivity contribution is 6.35. The van der Waals surface area contributed by atoms with Crippen molar-refractivity contribution in [3.8, 4) is 39.1 Å². The van der Waals surface area contributed by atoms with Crippen LogP contribution in [0.25, 0.3) is 115 Å². The Bertz CT molecular complexity index is 3390. The van der Waals surface area contributed by atoms with Gasteiger partial charge in [-0.25, -0.2) is 0 Å². The van der Waals surface area contributed by atoms with E-state index in [1.807, 2.05) is 0 Å². The van der Waals surface area contributed by atoms with E-state index in [2.05, 4.69) is 205 Å². The molecule has 1 heterocycles. The SMILES string of the molecule is c1ccc(-c2cc3ccccc3cc2-c2ccc3c4cccc5c(-c6ccc(-n7c8ccccc8c8ccccc87)cc6)ccc(c6cccc2c63)c54)cc1. The van der Waals surface area contributed by atoms with Crippen LogP contribution in [0, 0.1) is 0 Å². The first-order valence-corrected chi connectivity index (χ1v) is 19.1. The second-order valence-corrected chi connectivity index (χ2v) is 14.8. The molecule has 0 radical (unpaired) electrons. The van der Waals surface area contributed by atoms with E-state index in [0.717, 1.165) is 0 Å². The van der Waals surface area contributed by atoms with Crippen LogP contribution in [0.15, 0.2) is 200 Å². The summed E-state index contributed by atoms with van der Waals surface area (Å²) in [5.74, 6) is 0. The van der Waals surface area contributed by atoms with Crippen LogP contribution >= 0.6 is 0 Å². The summed E-state index contributed by atoms with van der Waals surface area (Å²) in [4.78, 5) is 0. The molecule has 0 saturated carbocycles. The molecule has 0 saturated heterocycles. The largest absolute Gasteiger partial charge is 0.309 e. The molecule has 0 unspecified atom stereocenters. The average Bonchev–Trinajstić information content (AvgIpc) is 3.59. The molecule has 0 N–H and O–H groups in total. The molecule has 0 aliphatic heterocycles. The summed E-state index contributed by atoms with van der Waals surface area (Å²) in [6.07, 6.45) is 0. The summed E-state index contributed by atoms with van der Waals surface area (Å²) in [6, 6.07) is 74.0. The number of nitrogens with zero attached hydrogens (tertiary/aromatic N) is 1. The first-order valence-electron chi connectivity index (χ1n) is 19.1. The number of para-hydroxylation sites is 2. The lowest BCUT2D eigenvalue weighted by atomic mass is 9.84. The van der Waals surface area contributed by atoms with Crippen molar-refractivity contribution in [2.75, 3.05) is 0 Å². The van der Waals surface area contributed by atoms with Gasteiger partial charge in [-0.2, -0.15) is 0 Å². The Labute approximate surface area is 318 Å². The Balaban J connectivity index is 1.05. The summed E-state index contributed by atoms with van der Waals surface area (Å²) < 4.78 is 2.39. The summed E-state index contributed by atoms with van der Waals surface area (Å²) in [6.45, 7) is 0. The smallest absolute Gasteiger partial charge is 0.0541 e. The van der Waals surface area contributed by atoms with E-state index in [1.165, 1.54) is 115 Å². The minimum Gasteiger partial charge on any atom is -0.309 e. The topological polar surface area (TPSA) is 4.93 Å². The highest BCUT2D eigenvalue weighted by Gasteiger charge is 2.19. The molecule has 0 aliphatic rings. The predicted octanol–water partition coefficient (Wildman–Crippen LogP) is 15.0. The van der Waals surface area contributed by atoms with Gasteiger partial charge in [0.25, 0.3) is 0 Å². The molecular formula is C54H33N. The van der Waals surface area contributed by atoms with Crippen LogP contribution in [0.2, 0.25) is 0 Å². The van der Waals surface area contributed by atoms with E-state index < -0.39 is 0 Å². The van der Waals surface area contributed by atoms with Crippen molar-refractivity contribution in [3.05, 3.63) is 200 Å². The zero-order chi connectivity index (χ0) is 36.0. The molecule has 1 aromatic heterocycles. The van der Waals surface area contributed by atoms with Crippen molar-refractivity contribution in [1.29, 1.82) is 0 Å². The molecule has 12 aromatic rings. The van der Waals surface area contributed by atoms with E-state index in [1.54, 1.807) is 0 Å². The van der Waals surface area contributed by atoms with Crippen molar-refractivity contribution in [2.45, 2.75) is 0 Å². The quantitative estimate of drug-likeness (QED) is 0.128. The van der Waals surface area contributed by atoms with E-state index >= 15 is 0 Å². The molecule has 1 heteroatoms. The van der Waals surface area contributed by atoms with E-state index in [0.29, 0.717) is 0 Å². The van der Waals surface area contributed by atoms with Crippen LogP contribution in [0.3, 0.4) is 0 Å². The number of aromatic nitrogens is 1. The fourth-order valence-electron chi connectivity index (χ4n) is 9.51. The van der Waals surface area contributed by atoms with Crippen LogP contribution in [0.4, 0.5) is 0 Å². The average molecular weight is 696 g/mol. The lowest BCUT2D eigenvalue weighted by Crippen LogP contribution is -1.94. The molecule has 0 fully saturated rings. The Kier molecular flexibility index (Phi) is 6.40. The van der Waals surface area contributed by atoms with Gasteiger partial charge in [-0.15, -0.1) is 0 Å². The second kappa shape index (κ2) is 11.6. The lowest BCUT2D eigenvalue weighted by Gasteiger charge is -2.19. The Morgan fingerprint density at radius 3 is 1.35 bits per heavy atom. The molecule has 11 aromatic carbocycles. The zero-order valence-corrected chi connectivity index (χ0v) is 30.0. The standard InChI is InChI=1S/C54H33N/c1-2-12-34(13-3-1)49-32-36-14-4-5-15-37(36)33-50(49)40-29-31-48-45-20-10-18-43-39(28-30-47(53(43)45)46-21-11-19-44(40)54(46)48)35-24-26-38(27-25-35)55-51-22-8-6-16-41(51)42-17-7-9-23-52(42)55/h1-33H. The third kappa shape index (κ3) is 4.41. The zero-order valence-electron chi connectivity index (χ0n) is 30.0. The predicted molar refractivity (Wildman–Crippen MR) is 236 cm³/mol. The molecule has 0 amide bonds. The van der Waals surface area contributed by atoms with Gasteiger partial charge in [0.15, 0.2) is 0 Å². The normalized spacial score (nSPS) is 12.0. The molecule has 0 aliphatic carbocycles. The van der Waals surface area contributed by atoms with Gasteiger partial charge in [-0.1, -0.05) is 164 Å². The Morgan fingerprint density at radius 2 is 0.709 bits per heavy atom. The molecule has 55 heavy (non-hydrogen) atoms. The Morgan fingerprint density at radius 1 is 0.255 bits per heavy atom. The maximum atomic E-state index is 2.39. The number of hydrogen-bond donors (Lipinski definition) is 0. The number of benzene rings is 11. The minimum absolute atomic E-state index is 1.17. The van der Waals surface area contributed by atoms with Gasteiger partial charge >= 0.3 is 0 Å². The molecule has 254 valence electrons. The first-order chi connectivity index (χ1) is 27.3. The molecular weight excluding hydrogens is 663 g/mol. The van der Waals surface area contributed by atoms with Gasteiger partial charge in [-0.3, -0.25) is 0 Å². The van der Waals surface area contributed by atoms with Gasteiger partial charge in [0, 0.05) is 16.5 Å². The van der Waals surface area contributed by atoms with Gasteiger partial charge in [0.2, 0.25) is 0 Å². The van der Waals surface area contributed by atoms with Gasteiger partial charge < -0.3 is 4.57 Å². The summed E-state index contributed by atoms with van der Waals surface area (Å²) in [7, 11) is 0. The molecule has 0 atom stereocenters. The summed E-state index contributed by atoms with van der Waals surface area (Å²) in [5.41, 5.74) is 11.1. The Hall–Kier alpha value is -7.22. The van der Waals surface area contributed by atoms with Crippen molar-refractivity contribution < 1.29 is 0 Å². The first kappa shape index (κ1) is 30.3.